The summed E-state index contributed by atoms with van der Waals surface area (Å²) >= 11 is 0. The van der Waals surface area contributed by atoms with E-state index in [0.29, 0.717) is 11.1 Å². The number of piperidine rings is 1. The number of nitriles is 1. The van der Waals surface area contributed by atoms with Crippen LogP contribution in [0.1, 0.15) is 39.9 Å². The largest absolute Gasteiger partial charge is 0.322 e. The van der Waals surface area contributed by atoms with Crippen molar-refractivity contribution in [1.82, 2.24) is 5.32 Å². The molecule has 3 rings (SSSR count). The third-order valence-corrected chi connectivity index (χ3v) is 4.48. The number of carbonyl (C=O) groups is 1. The van der Waals surface area contributed by atoms with Gasteiger partial charge >= 0.3 is 0 Å². The molecule has 2 aromatic rings. The second kappa shape index (κ2) is 7.78. The number of carbonyl (C=O) groups excluding carboxylic acids is 1. The van der Waals surface area contributed by atoms with Gasteiger partial charge in [-0.3, -0.25) is 4.79 Å². The Morgan fingerprint density at radius 1 is 1.20 bits per heavy atom. The number of hydrogen-bond donors (Lipinski definition) is 2. The van der Waals surface area contributed by atoms with Crippen LogP contribution in [0.5, 0.6) is 0 Å². The summed E-state index contributed by atoms with van der Waals surface area (Å²) in [6, 6.07) is 14.7. The SMILES string of the molecule is Cc1c(C=C2CCNCC2)cccc1NC(=O)c1cccc(C#N)c1. The van der Waals surface area contributed by atoms with Gasteiger partial charge in [0.1, 0.15) is 0 Å². The van der Waals surface area contributed by atoms with Crippen LogP contribution in [0.2, 0.25) is 0 Å². The molecular formula is C21H21N3O. The van der Waals surface area contributed by atoms with Crippen molar-refractivity contribution in [2.45, 2.75) is 19.8 Å². The van der Waals surface area contributed by atoms with E-state index < -0.39 is 0 Å². The zero-order chi connectivity index (χ0) is 17.6. The predicted molar refractivity (Wildman–Crippen MR) is 100 cm³/mol. The number of anilines is 1. The molecule has 25 heavy (non-hydrogen) atoms. The van der Waals surface area contributed by atoms with Crippen molar-refractivity contribution in [3.05, 3.63) is 70.3 Å². The van der Waals surface area contributed by atoms with E-state index in [0.717, 1.165) is 42.7 Å². The Bertz CT molecular complexity index is 854. The maximum Gasteiger partial charge on any atom is 0.255 e. The quantitative estimate of drug-likeness (QED) is 0.897. The van der Waals surface area contributed by atoms with Crippen LogP contribution in [-0.2, 0) is 0 Å². The molecule has 4 nitrogen and oxygen atoms in total. The number of amides is 1. The van der Waals surface area contributed by atoms with E-state index in [-0.39, 0.29) is 5.91 Å². The molecule has 0 saturated carbocycles. The zero-order valence-corrected chi connectivity index (χ0v) is 14.3. The fourth-order valence-electron chi connectivity index (χ4n) is 2.98. The van der Waals surface area contributed by atoms with Crippen molar-refractivity contribution < 1.29 is 4.79 Å². The first-order valence-corrected chi connectivity index (χ1v) is 8.48. The van der Waals surface area contributed by atoms with E-state index in [1.165, 1.54) is 5.57 Å². The Morgan fingerprint density at radius 3 is 2.72 bits per heavy atom. The predicted octanol–water partition coefficient (Wildman–Crippen LogP) is 3.89. The van der Waals surface area contributed by atoms with Crippen molar-refractivity contribution >= 4 is 17.7 Å². The van der Waals surface area contributed by atoms with Gasteiger partial charge in [-0.1, -0.05) is 29.8 Å². The van der Waals surface area contributed by atoms with Gasteiger partial charge in [0.25, 0.3) is 5.91 Å². The van der Waals surface area contributed by atoms with E-state index >= 15 is 0 Å². The van der Waals surface area contributed by atoms with Crippen LogP contribution in [-0.4, -0.2) is 19.0 Å². The topological polar surface area (TPSA) is 64.9 Å². The maximum atomic E-state index is 12.5. The van der Waals surface area contributed by atoms with Crippen LogP contribution >= 0.6 is 0 Å². The molecule has 126 valence electrons. The van der Waals surface area contributed by atoms with Crippen molar-refractivity contribution in [3.8, 4) is 6.07 Å². The number of rotatable bonds is 3. The van der Waals surface area contributed by atoms with Crippen LogP contribution < -0.4 is 10.6 Å². The van der Waals surface area contributed by atoms with Crippen LogP contribution in [0.25, 0.3) is 6.08 Å². The third-order valence-electron chi connectivity index (χ3n) is 4.48. The summed E-state index contributed by atoms with van der Waals surface area (Å²) in [4.78, 5) is 12.5. The van der Waals surface area contributed by atoms with E-state index in [9.17, 15) is 4.79 Å². The molecule has 2 aromatic carbocycles. The highest BCUT2D eigenvalue weighted by Crippen LogP contribution is 2.24. The molecule has 4 heteroatoms. The van der Waals surface area contributed by atoms with Crippen molar-refractivity contribution in [2.75, 3.05) is 18.4 Å². The molecule has 1 aliphatic heterocycles. The van der Waals surface area contributed by atoms with Gasteiger partial charge in [-0.05, 0) is 68.2 Å². The average molecular weight is 331 g/mol. The molecule has 0 atom stereocenters. The van der Waals surface area contributed by atoms with Crippen molar-refractivity contribution in [1.29, 1.82) is 5.26 Å². The maximum absolute atomic E-state index is 12.5. The lowest BCUT2D eigenvalue weighted by Crippen LogP contribution is -2.23. The molecule has 1 saturated heterocycles. The minimum atomic E-state index is -0.202. The van der Waals surface area contributed by atoms with E-state index in [1.807, 2.05) is 19.1 Å². The summed E-state index contributed by atoms with van der Waals surface area (Å²) in [5.74, 6) is -0.202. The Labute approximate surface area is 148 Å². The van der Waals surface area contributed by atoms with Crippen LogP contribution in [0.4, 0.5) is 5.69 Å². The van der Waals surface area contributed by atoms with Gasteiger partial charge in [-0.25, -0.2) is 0 Å². The summed E-state index contributed by atoms with van der Waals surface area (Å²) in [6.45, 7) is 4.07. The van der Waals surface area contributed by atoms with Gasteiger partial charge < -0.3 is 10.6 Å². The number of nitrogens with zero attached hydrogens (tertiary/aromatic N) is 1. The molecule has 1 aliphatic rings. The molecule has 0 unspecified atom stereocenters. The lowest BCUT2D eigenvalue weighted by Gasteiger charge is -2.16. The molecule has 0 aliphatic carbocycles. The first kappa shape index (κ1) is 16.9. The molecule has 0 bridgehead atoms. The monoisotopic (exact) mass is 331 g/mol. The fourth-order valence-corrected chi connectivity index (χ4v) is 2.98. The summed E-state index contributed by atoms with van der Waals surface area (Å²) in [5, 5.41) is 15.3. The Morgan fingerprint density at radius 2 is 1.96 bits per heavy atom. The van der Waals surface area contributed by atoms with Gasteiger partial charge in [-0.2, -0.15) is 5.26 Å². The minimum Gasteiger partial charge on any atom is -0.322 e. The number of hydrogen-bond acceptors (Lipinski definition) is 3. The molecule has 0 spiro atoms. The Balaban J connectivity index is 1.82. The van der Waals surface area contributed by atoms with Gasteiger partial charge in [-0.15, -0.1) is 0 Å². The molecule has 2 N–H and O–H groups in total. The normalized spacial score (nSPS) is 13.8. The third kappa shape index (κ3) is 4.14. The Hall–Kier alpha value is -2.90. The van der Waals surface area contributed by atoms with Gasteiger partial charge in [0, 0.05) is 11.3 Å². The van der Waals surface area contributed by atoms with Gasteiger partial charge in [0.15, 0.2) is 0 Å². The Kier molecular flexibility index (Phi) is 5.27. The highest BCUT2D eigenvalue weighted by molar-refractivity contribution is 6.05. The molecular weight excluding hydrogens is 310 g/mol. The van der Waals surface area contributed by atoms with Gasteiger partial charge in [0.05, 0.1) is 11.6 Å². The lowest BCUT2D eigenvalue weighted by atomic mass is 9.99. The second-order valence-corrected chi connectivity index (χ2v) is 6.22. The minimum absolute atomic E-state index is 0.202. The van der Waals surface area contributed by atoms with E-state index in [1.54, 1.807) is 24.3 Å². The smallest absolute Gasteiger partial charge is 0.255 e. The summed E-state index contributed by atoms with van der Waals surface area (Å²) in [5.41, 5.74) is 5.40. The average Bonchev–Trinajstić information content (AvgIpc) is 2.66. The molecule has 0 radical (unpaired) electrons. The lowest BCUT2D eigenvalue weighted by molar-refractivity contribution is 0.102. The standard InChI is InChI=1S/C21H21N3O/c1-15-18(12-16-8-10-23-11-9-16)5-3-7-20(15)24-21(25)19-6-2-4-17(13-19)14-22/h2-7,12-13,23H,8-11H2,1H3,(H,24,25). The highest BCUT2D eigenvalue weighted by Gasteiger charge is 2.11. The van der Waals surface area contributed by atoms with Crippen LogP contribution in [0.3, 0.4) is 0 Å². The molecule has 1 heterocycles. The second-order valence-electron chi connectivity index (χ2n) is 6.22. The summed E-state index contributed by atoms with van der Waals surface area (Å²) in [7, 11) is 0. The number of benzene rings is 2. The van der Waals surface area contributed by atoms with E-state index in [2.05, 4.69) is 28.8 Å². The van der Waals surface area contributed by atoms with Crippen LogP contribution in [0, 0.1) is 18.3 Å². The molecule has 0 aromatic heterocycles. The van der Waals surface area contributed by atoms with Crippen LogP contribution in [0.15, 0.2) is 48.0 Å². The zero-order valence-electron chi connectivity index (χ0n) is 14.3. The van der Waals surface area contributed by atoms with Crippen molar-refractivity contribution in [3.63, 3.8) is 0 Å². The highest BCUT2D eigenvalue weighted by atomic mass is 16.1. The number of nitrogens with one attached hydrogen (secondary N) is 2. The first-order valence-electron chi connectivity index (χ1n) is 8.48. The summed E-state index contributed by atoms with van der Waals surface area (Å²) in [6.07, 6.45) is 4.37. The molecule has 1 fully saturated rings. The molecule has 1 amide bonds. The van der Waals surface area contributed by atoms with Gasteiger partial charge in [0.2, 0.25) is 0 Å². The summed E-state index contributed by atoms with van der Waals surface area (Å²) < 4.78 is 0. The van der Waals surface area contributed by atoms with Crippen molar-refractivity contribution in [2.24, 2.45) is 0 Å². The van der Waals surface area contributed by atoms with E-state index in [4.69, 9.17) is 5.26 Å². The fraction of sp³-hybridized carbons (Fsp3) is 0.238. The first-order chi connectivity index (χ1) is 12.2.